The smallest absolute Gasteiger partial charge is 0.182 e. The molecule has 5 heteroatoms. The average Bonchev–Trinajstić information content (AvgIpc) is 2.69. The van der Waals surface area contributed by atoms with Crippen molar-refractivity contribution >= 4 is 40.5 Å². The highest BCUT2D eigenvalue weighted by Crippen LogP contribution is 2.18. The summed E-state index contributed by atoms with van der Waals surface area (Å²) in [6.07, 6.45) is 0. The average molecular weight is 412 g/mol. The second-order valence-electron chi connectivity index (χ2n) is 6.55. The molecular weight excluding hydrogens is 393 g/mol. The number of hydrogen-bond donors (Lipinski definition) is 0. The zero-order valence-corrected chi connectivity index (χ0v) is 16.9. The molecule has 0 bridgehead atoms. The molecule has 0 aliphatic carbocycles. The molecule has 3 aromatic rings. The number of nitrogens with zero attached hydrogens (tertiary/aromatic N) is 1. The minimum Gasteiger partial charge on any atom is -0.356 e. The lowest BCUT2D eigenvalue weighted by molar-refractivity contribution is 0.0984. The number of rotatable bonds is 7. The van der Waals surface area contributed by atoms with Crippen molar-refractivity contribution in [1.82, 2.24) is 0 Å². The van der Waals surface area contributed by atoms with E-state index in [0.717, 1.165) is 11.3 Å². The Morgan fingerprint density at radius 2 is 1.07 bits per heavy atom. The fourth-order valence-electron chi connectivity index (χ4n) is 2.79. The van der Waals surface area contributed by atoms with Gasteiger partial charge in [0.1, 0.15) is 0 Å². The Morgan fingerprint density at radius 1 is 0.679 bits per heavy atom. The largest absolute Gasteiger partial charge is 0.356 e. The van der Waals surface area contributed by atoms with Gasteiger partial charge in [-0.2, -0.15) is 0 Å². The van der Waals surface area contributed by atoms with Crippen LogP contribution in [0, 0.1) is 6.92 Å². The molecule has 0 atom stereocenters. The Hall–Kier alpha value is -2.62. The molecule has 28 heavy (non-hydrogen) atoms. The first kappa shape index (κ1) is 20.1. The van der Waals surface area contributed by atoms with Crippen molar-refractivity contribution in [2.75, 3.05) is 18.0 Å². The van der Waals surface area contributed by atoms with Gasteiger partial charge in [0.05, 0.1) is 13.1 Å². The fourth-order valence-corrected chi connectivity index (χ4v) is 3.05. The van der Waals surface area contributed by atoms with Crippen molar-refractivity contribution < 1.29 is 9.59 Å². The Morgan fingerprint density at radius 3 is 1.46 bits per heavy atom. The van der Waals surface area contributed by atoms with Gasteiger partial charge in [0.15, 0.2) is 11.6 Å². The van der Waals surface area contributed by atoms with Gasteiger partial charge in [0.25, 0.3) is 0 Å². The standard InChI is InChI=1S/C23H19Cl2NO2/c1-16-2-12-21(13-3-16)26(14-22(27)17-4-8-19(24)9-5-17)15-23(28)18-6-10-20(25)11-7-18/h2-13H,14-15H2,1H3. The molecule has 0 heterocycles. The highest BCUT2D eigenvalue weighted by Gasteiger charge is 2.18. The molecule has 0 fully saturated rings. The lowest BCUT2D eigenvalue weighted by atomic mass is 10.1. The van der Waals surface area contributed by atoms with Crippen LogP contribution >= 0.6 is 23.2 Å². The van der Waals surface area contributed by atoms with Gasteiger partial charge in [-0.3, -0.25) is 9.59 Å². The number of benzene rings is 3. The Labute approximate surface area is 174 Å². The molecule has 0 aliphatic heterocycles. The molecular formula is C23H19Cl2NO2. The number of aryl methyl sites for hydroxylation is 1. The van der Waals surface area contributed by atoms with E-state index in [1.807, 2.05) is 31.2 Å². The van der Waals surface area contributed by atoms with Gasteiger partial charge in [0, 0.05) is 26.9 Å². The van der Waals surface area contributed by atoms with E-state index in [2.05, 4.69) is 0 Å². The van der Waals surface area contributed by atoms with E-state index < -0.39 is 0 Å². The van der Waals surface area contributed by atoms with Crippen molar-refractivity contribution in [2.45, 2.75) is 6.92 Å². The SMILES string of the molecule is Cc1ccc(N(CC(=O)c2ccc(Cl)cc2)CC(=O)c2ccc(Cl)cc2)cc1. The number of Topliss-reactive ketones (excluding diaryl/α,β-unsaturated/α-hetero) is 2. The topological polar surface area (TPSA) is 37.4 Å². The van der Waals surface area contributed by atoms with Crippen molar-refractivity contribution in [1.29, 1.82) is 0 Å². The third-order valence-corrected chi connectivity index (χ3v) is 4.90. The zero-order chi connectivity index (χ0) is 20.1. The van der Waals surface area contributed by atoms with Crippen LogP contribution < -0.4 is 4.90 Å². The van der Waals surface area contributed by atoms with Crippen LogP contribution in [0.3, 0.4) is 0 Å². The number of halogens is 2. The van der Waals surface area contributed by atoms with E-state index in [9.17, 15) is 9.59 Å². The van der Waals surface area contributed by atoms with Crippen LogP contribution in [0.4, 0.5) is 5.69 Å². The van der Waals surface area contributed by atoms with E-state index in [0.29, 0.717) is 21.2 Å². The quantitative estimate of drug-likeness (QED) is 0.455. The Kier molecular flexibility index (Phi) is 6.50. The lowest BCUT2D eigenvalue weighted by Crippen LogP contribution is -2.34. The molecule has 0 saturated heterocycles. The van der Waals surface area contributed by atoms with Crippen LogP contribution in [0.2, 0.25) is 10.0 Å². The highest BCUT2D eigenvalue weighted by atomic mass is 35.5. The van der Waals surface area contributed by atoms with Crippen molar-refractivity contribution in [3.05, 3.63) is 99.5 Å². The van der Waals surface area contributed by atoms with Crippen molar-refractivity contribution in [3.8, 4) is 0 Å². The minimum absolute atomic E-state index is 0.0823. The van der Waals surface area contributed by atoms with Gasteiger partial charge in [-0.1, -0.05) is 40.9 Å². The molecule has 0 saturated carbocycles. The summed E-state index contributed by atoms with van der Waals surface area (Å²) in [4.78, 5) is 27.3. The van der Waals surface area contributed by atoms with Crippen molar-refractivity contribution in [3.63, 3.8) is 0 Å². The molecule has 0 aliphatic rings. The van der Waals surface area contributed by atoms with Gasteiger partial charge in [-0.15, -0.1) is 0 Å². The first-order chi connectivity index (χ1) is 13.4. The summed E-state index contributed by atoms with van der Waals surface area (Å²) in [5.74, 6) is -0.165. The summed E-state index contributed by atoms with van der Waals surface area (Å²) in [5, 5.41) is 1.15. The molecule has 0 aromatic heterocycles. The maximum absolute atomic E-state index is 12.8. The lowest BCUT2D eigenvalue weighted by Gasteiger charge is -2.24. The zero-order valence-electron chi connectivity index (χ0n) is 15.4. The molecule has 142 valence electrons. The number of ketones is 2. The molecule has 3 nitrogen and oxygen atoms in total. The molecule has 0 unspecified atom stereocenters. The molecule has 0 amide bonds. The van der Waals surface area contributed by atoms with Crippen LogP contribution in [0.5, 0.6) is 0 Å². The van der Waals surface area contributed by atoms with E-state index in [-0.39, 0.29) is 24.7 Å². The van der Waals surface area contributed by atoms with Crippen LogP contribution in [0.1, 0.15) is 26.3 Å². The number of carbonyl (C=O) groups is 2. The summed E-state index contributed by atoms with van der Waals surface area (Å²) in [7, 11) is 0. The second-order valence-corrected chi connectivity index (χ2v) is 7.42. The number of anilines is 1. The van der Waals surface area contributed by atoms with Gasteiger partial charge in [-0.05, 0) is 67.6 Å². The first-order valence-corrected chi connectivity index (χ1v) is 9.57. The van der Waals surface area contributed by atoms with E-state index in [1.165, 1.54) is 0 Å². The van der Waals surface area contributed by atoms with Crippen LogP contribution in [-0.4, -0.2) is 24.7 Å². The van der Waals surface area contributed by atoms with Crippen LogP contribution in [0.15, 0.2) is 72.8 Å². The van der Waals surface area contributed by atoms with Gasteiger partial charge < -0.3 is 4.90 Å². The summed E-state index contributed by atoms with van der Waals surface area (Å²) < 4.78 is 0. The van der Waals surface area contributed by atoms with Gasteiger partial charge in [-0.25, -0.2) is 0 Å². The van der Waals surface area contributed by atoms with Crippen molar-refractivity contribution in [2.24, 2.45) is 0 Å². The normalized spacial score (nSPS) is 10.5. The van der Waals surface area contributed by atoms with Crippen LogP contribution in [-0.2, 0) is 0 Å². The van der Waals surface area contributed by atoms with Gasteiger partial charge in [0.2, 0.25) is 0 Å². The molecule has 0 radical (unpaired) electrons. The Bertz CT molecular complexity index is 905. The minimum atomic E-state index is -0.0823. The summed E-state index contributed by atoms with van der Waals surface area (Å²) in [5.41, 5.74) is 3.04. The summed E-state index contributed by atoms with van der Waals surface area (Å²) >= 11 is 11.8. The maximum Gasteiger partial charge on any atom is 0.182 e. The molecule has 0 N–H and O–H groups in total. The predicted octanol–water partition coefficient (Wildman–Crippen LogP) is 5.87. The highest BCUT2D eigenvalue weighted by molar-refractivity contribution is 6.31. The van der Waals surface area contributed by atoms with E-state index >= 15 is 0 Å². The first-order valence-electron chi connectivity index (χ1n) is 8.81. The second kappa shape index (κ2) is 9.05. The fraction of sp³-hybridized carbons (Fsp3) is 0.130. The summed E-state index contributed by atoms with van der Waals surface area (Å²) in [6.45, 7) is 2.17. The van der Waals surface area contributed by atoms with E-state index in [1.54, 1.807) is 53.4 Å². The number of carbonyl (C=O) groups excluding carboxylic acids is 2. The summed E-state index contributed by atoms with van der Waals surface area (Å²) in [6, 6.07) is 21.3. The molecule has 0 spiro atoms. The maximum atomic E-state index is 12.8. The van der Waals surface area contributed by atoms with E-state index in [4.69, 9.17) is 23.2 Å². The monoisotopic (exact) mass is 411 g/mol. The third-order valence-electron chi connectivity index (χ3n) is 4.40. The Balaban J connectivity index is 1.83. The number of hydrogen-bond acceptors (Lipinski definition) is 3. The van der Waals surface area contributed by atoms with Crippen LogP contribution in [0.25, 0.3) is 0 Å². The molecule has 3 aromatic carbocycles. The third kappa shape index (κ3) is 5.22. The predicted molar refractivity (Wildman–Crippen MR) is 115 cm³/mol. The van der Waals surface area contributed by atoms with Gasteiger partial charge >= 0.3 is 0 Å². The molecule has 3 rings (SSSR count).